The van der Waals surface area contributed by atoms with Crippen LogP contribution >= 0.6 is 0 Å². The molecule has 0 saturated carbocycles. The van der Waals surface area contributed by atoms with Gasteiger partial charge in [-0.1, -0.05) is 12.1 Å². The molecule has 9 heteroatoms. The van der Waals surface area contributed by atoms with E-state index in [-0.39, 0.29) is 11.3 Å². The van der Waals surface area contributed by atoms with E-state index >= 15 is 0 Å². The van der Waals surface area contributed by atoms with Gasteiger partial charge in [0.2, 0.25) is 0 Å². The Labute approximate surface area is 114 Å². The molecule has 0 aliphatic heterocycles. The molecule has 0 aromatic heterocycles. The van der Waals surface area contributed by atoms with E-state index in [1.54, 1.807) is 0 Å². The average molecular weight is 283 g/mol. The molecule has 0 aliphatic rings. The molecule has 0 heterocycles. The van der Waals surface area contributed by atoms with Gasteiger partial charge in [0, 0.05) is 6.07 Å². The third kappa shape index (κ3) is 3.83. The maximum Gasteiger partial charge on any atom is 0.408 e. The number of ether oxygens (including phenoxy) is 2. The van der Waals surface area contributed by atoms with Crippen LogP contribution < -0.4 is 10.6 Å². The molecule has 2 amide bonds. The number of amides is 2. The zero-order chi connectivity index (χ0) is 15.1. The quantitative estimate of drug-likeness (QED) is 0.488. The first-order valence-electron chi connectivity index (χ1n) is 5.42. The number of nitrogens with one attached hydrogen (secondary N) is 2. The topological polar surface area (TPSA) is 120 Å². The SMILES string of the molecule is COC(=O)NC(NC(=O)OC)c1ccccc1[N+](=O)[O-]. The lowest BCUT2D eigenvalue weighted by atomic mass is 10.1. The Kier molecular flexibility index (Phi) is 5.27. The molecule has 0 radical (unpaired) electrons. The summed E-state index contributed by atoms with van der Waals surface area (Å²) in [6.07, 6.45) is -2.87. The molecule has 9 nitrogen and oxygen atoms in total. The minimum atomic E-state index is -1.16. The number of nitro benzene ring substituents is 1. The fraction of sp³-hybridized carbons (Fsp3) is 0.273. The van der Waals surface area contributed by atoms with E-state index in [4.69, 9.17) is 0 Å². The van der Waals surface area contributed by atoms with Crippen LogP contribution in [0.1, 0.15) is 11.7 Å². The van der Waals surface area contributed by atoms with Crippen LogP contribution in [0.3, 0.4) is 0 Å². The van der Waals surface area contributed by atoms with Crippen molar-refractivity contribution in [2.45, 2.75) is 6.17 Å². The molecule has 1 rings (SSSR count). The van der Waals surface area contributed by atoms with E-state index < -0.39 is 23.3 Å². The maximum absolute atomic E-state index is 11.3. The number of benzene rings is 1. The lowest BCUT2D eigenvalue weighted by Crippen LogP contribution is -2.41. The fourth-order valence-electron chi connectivity index (χ4n) is 1.44. The van der Waals surface area contributed by atoms with E-state index in [0.717, 1.165) is 14.2 Å². The van der Waals surface area contributed by atoms with Crippen molar-refractivity contribution in [2.75, 3.05) is 14.2 Å². The highest BCUT2D eigenvalue weighted by atomic mass is 16.6. The number of alkyl carbamates (subject to hydrolysis) is 2. The largest absolute Gasteiger partial charge is 0.453 e. The minimum Gasteiger partial charge on any atom is -0.453 e. The van der Waals surface area contributed by atoms with Crippen molar-refractivity contribution in [1.82, 2.24) is 10.6 Å². The Balaban J connectivity index is 3.12. The van der Waals surface area contributed by atoms with Crippen molar-refractivity contribution < 1.29 is 24.0 Å². The summed E-state index contributed by atoms with van der Waals surface area (Å²) in [6, 6.07) is 5.65. The predicted octanol–water partition coefficient (Wildman–Crippen LogP) is 1.31. The summed E-state index contributed by atoms with van der Waals surface area (Å²) in [5.74, 6) is 0. The highest BCUT2D eigenvalue weighted by Crippen LogP contribution is 2.23. The van der Waals surface area contributed by atoms with Crippen LogP contribution in [0.2, 0.25) is 0 Å². The zero-order valence-electron chi connectivity index (χ0n) is 10.8. The number of rotatable bonds is 4. The van der Waals surface area contributed by atoms with Gasteiger partial charge in [-0.15, -0.1) is 0 Å². The van der Waals surface area contributed by atoms with Crippen molar-refractivity contribution in [3.05, 3.63) is 39.9 Å². The van der Waals surface area contributed by atoms with Gasteiger partial charge in [0.05, 0.1) is 24.7 Å². The number of hydrogen-bond acceptors (Lipinski definition) is 6. The van der Waals surface area contributed by atoms with Crippen molar-refractivity contribution in [3.63, 3.8) is 0 Å². The summed E-state index contributed by atoms with van der Waals surface area (Å²) in [7, 11) is 2.26. The Morgan fingerprint density at radius 1 is 1.15 bits per heavy atom. The van der Waals surface area contributed by atoms with Crippen molar-refractivity contribution in [2.24, 2.45) is 0 Å². The highest BCUT2D eigenvalue weighted by molar-refractivity contribution is 5.71. The van der Waals surface area contributed by atoms with Gasteiger partial charge in [-0.05, 0) is 6.07 Å². The number of nitrogens with zero attached hydrogens (tertiary/aromatic N) is 1. The molecule has 2 N–H and O–H groups in total. The lowest BCUT2D eigenvalue weighted by molar-refractivity contribution is -0.385. The van der Waals surface area contributed by atoms with Gasteiger partial charge < -0.3 is 9.47 Å². The monoisotopic (exact) mass is 283 g/mol. The molecular formula is C11H13N3O6. The van der Waals surface area contributed by atoms with Gasteiger partial charge in [0.1, 0.15) is 6.17 Å². The summed E-state index contributed by atoms with van der Waals surface area (Å²) < 4.78 is 8.81. The molecule has 0 bridgehead atoms. The van der Waals surface area contributed by atoms with E-state index in [1.165, 1.54) is 24.3 Å². The Morgan fingerprint density at radius 2 is 1.65 bits per heavy atom. The van der Waals surface area contributed by atoms with Crippen LogP contribution in [0.4, 0.5) is 15.3 Å². The number of carbonyl (C=O) groups excluding carboxylic acids is 2. The predicted molar refractivity (Wildman–Crippen MR) is 66.9 cm³/mol. The molecule has 1 aromatic carbocycles. The number of nitro groups is 1. The number of hydrogen-bond donors (Lipinski definition) is 2. The maximum atomic E-state index is 11.3. The van der Waals surface area contributed by atoms with Gasteiger partial charge in [-0.2, -0.15) is 0 Å². The Hall–Kier alpha value is -2.84. The molecule has 0 atom stereocenters. The molecule has 0 aliphatic carbocycles. The minimum absolute atomic E-state index is 0.0910. The molecular weight excluding hydrogens is 270 g/mol. The molecule has 0 unspecified atom stereocenters. The molecule has 108 valence electrons. The van der Waals surface area contributed by atoms with Gasteiger partial charge >= 0.3 is 12.2 Å². The molecule has 0 fully saturated rings. The summed E-state index contributed by atoms with van der Waals surface area (Å²) in [5, 5.41) is 15.5. The number of para-hydroxylation sites is 1. The second kappa shape index (κ2) is 6.92. The van der Waals surface area contributed by atoms with Crippen LogP contribution in [0.25, 0.3) is 0 Å². The van der Waals surface area contributed by atoms with Crippen LogP contribution in [-0.2, 0) is 9.47 Å². The average Bonchev–Trinajstić information content (AvgIpc) is 2.46. The second-order valence-electron chi connectivity index (χ2n) is 3.52. The van der Waals surface area contributed by atoms with E-state index in [9.17, 15) is 19.7 Å². The lowest BCUT2D eigenvalue weighted by Gasteiger charge is -2.18. The van der Waals surface area contributed by atoms with E-state index in [1.807, 2.05) is 0 Å². The standard InChI is InChI=1S/C11H13N3O6/c1-19-10(15)12-9(13-11(16)20-2)7-5-3-4-6-8(7)14(17)18/h3-6,9H,1-2H3,(H,12,15)(H,13,16). The van der Waals surface area contributed by atoms with Gasteiger partial charge in [-0.25, -0.2) is 9.59 Å². The third-order valence-electron chi connectivity index (χ3n) is 2.34. The van der Waals surface area contributed by atoms with Crippen LogP contribution in [0, 0.1) is 10.1 Å². The fourth-order valence-corrected chi connectivity index (χ4v) is 1.44. The smallest absolute Gasteiger partial charge is 0.408 e. The summed E-state index contributed by atoms with van der Waals surface area (Å²) >= 11 is 0. The van der Waals surface area contributed by atoms with Gasteiger partial charge in [-0.3, -0.25) is 20.7 Å². The van der Waals surface area contributed by atoms with E-state index in [0.29, 0.717) is 0 Å². The molecule has 0 saturated heterocycles. The van der Waals surface area contributed by atoms with Gasteiger partial charge in [0.15, 0.2) is 0 Å². The second-order valence-corrected chi connectivity index (χ2v) is 3.52. The first kappa shape index (κ1) is 15.2. The number of methoxy groups -OCH3 is 2. The Bertz CT molecular complexity index is 501. The zero-order valence-corrected chi connectivity index (χ0v) is 10.8. The highest BCUT2D eigenvalue weighted by Gasteiger charge is 2.25. The Morgan fingerprint density at radius 3 is 2.10 bits per heavy atom. The van der Waals surface area contributed by atoms with Crippen molar-refractivity contribution in [3.8, 4) is 0 Å². The van der Waals surface area contributed by atoms with Crippen LogP contribution in [0.15, 0.2) is 24.3 Å². The molecule has 20 heavy (non-hydrogen) atoms. The summed E-state index contributed by atoms with van der Waals surface area (Å²) in [5.41, 5.74) is -0.168. The normalized spacial score (nSPS) is 9.75. The summed E-state index contributed by atoms with van der Waals surface area (Å²) in [4.78, 5) is 32.8. The van der Waals surface area contributed by atoms with Crippen LogP contribution in [0.5, 0.6) is 0 Å². The summed E-state index contributed by atoms with van der Waals surface area (Å²) in [6.45, 7) is 0. The molecule has 0 spiro atoms. The van der Waals surface area contributed by atoms with Crippen molar-refractivity contribution in [1.29, 1.82) is 0 Å². The molecule has 1 aromatic rings. The first-order valence-corrected chi connectivity index (χ1v) is 5.42. The van der Waals surface area contributed by atoms with Crippen LogP contribution in [-0.4, -0.2) is 31.3 Å². The van der Waals surface area contributed by atoms with Crippen molar-refractivity contribution >= 4 is 17.9 Å². The van der Waals surface area contributed by atoms with Gasteiger partial charge in [0.25, 0.3) is 5.69 Å². The third-order valence-corrected chi connectivity index (χ3v) is 2.34. The first-order chi connectivity index (χ1) is 9.49. The van der Waals surface area contributed by atoms with E-state index in [2.05, 4.69) is 20.1 Å². The number of carbonyl (C=O) groups is 2.